The van der Waals surface area contributed by atoms with Crippen molar-refractivity contribution in [2.45, 2.75) is 36.8 Å². The average Bonchev–Trinajstić information content (AvgIpc) is 3.11. The molecule has 2 aromatic rings. The van der Waals surface area contributed by atoms with Crippen molar-refractivity contribution < 1.29 is 9.00 Å². The Hall–Kier alpha value is -1.76. The lowest BCUT2D eigenvalue weighted by Crippen LogP contribution is -2.23. The van der Waals surface area contributed by atoms with Crippen LogP contribution in [-0.2, 0) is 10.8 Å². The van der Waals surface area contributed by atoms with Crippen LogP contribution < -0.4 is 0 Å². The number of carbonyl (C=O) groups is 1. The van der Waals surface area contributed by atoms with Crippen LogP contribution in [0.4, 0.5) is 0 Å². The van der Waals surface area contributed by atoms with E-state index >= 15 is 0 Å². The molecule has 6 nitrogen and oxygen atoms in total. The molecule has 3 rings (SSSR count). The number of aromatic nitrogens is 3. The third-order valence-corrected chi connectivity index (χ3v) is 4.87. The smallest absolute Gasteiger partial charge is 0.255 e. The monoisotopic (exact) mass is 320 g/mol. The standard InChI is InChI=1S/C15H20N4O2S/c1-18(2)14(20)12-8-11-9-16-15(22(3)21)17-19(11)13(12)10-6-4-5-7-10/h8-10H,4-7H2,1-3H3. The summed E-state index contributed by atoms with van der Waals surface area (Å²) in [6.45, 7) is 0. The van der Waals surface area contributed by atoms with E-state index in [0.717, 1.165) is 24.1 Å². The maximum atomic E-state index is 12.5. The van der Waals surface area contributed by atoms with Crippen LogP contribution in [0.3, 0.4) is 0 Å². The van der Waals surface area contributed by atoms with Crippen LogP contribution in [0, 0.1) is 0 Å². The zero-order valence-corrected chi connectivity index (χ0v) is 13.9. The maximum Gasteiger partial charge on any atom is 0.255 e. The summed E-state index contributed by atoms with van der Waals surface area (Å²) < 4.78 is 13.4. The zero-order valence-electron chi connectivity index (χ0n) is 13.1. The van der Waals surface area contributed by atoms with Crippen LogP contribution >= 0.6 is 0 Å². The molecule has 0 aromatic carbocycles. The highest BCUT2D eigenvalue weighted by Gasteiger charge is 2.28. The molecule has 1 atom stereocenters. The van der Waals surface area contributed by atoms with Crippen molar-refractivity contribution in [3.63, 3.8) is 0 Å². The molecular weight excluding hydrogens is 300 g/mol. The summed E-state index contributed by atoms with van der Waals surface area (Å²) in [5.41, 5.74) is 2.41. The van der Waals surface area contributed by atoms with Gasteiger partial charge in [0.1, 0.15) is 0 Å². The summed E-state index contributed by atoms with van der Waals surface area (Å²) in [7, 11) is 2.26. The molecule has 0 spiro atoms. The van der Waals surface area contributed by atoms with Crippen molar-refractivity contribution in [3.8, 4) is 0 Å². The van der Waals surface area contributed by atoms with E-state index in [9.17, 15) is 9.00 Å². The second kappa shape index (κ2) is 5.79. The van der Waals surface area contributed by atoms with Gasteiger partial charge in [0.05, 0.1) is 33.8 Å². The van der Waals surface area contributed by atoms with E-state index in [1.165, 1.54) is 12.8 Å². The Morgan fingerprint density at radius 1 is 1.36 bits per heavy atom. The molecular formula is C15H20N4O2S. The fraction of sp³-hybridized carbons (Fsp3) is 0.533. The van der Waals surface area contributed by atoms with E-state index in [4.69, 9.17) is 0 Å². The van der Waals surface area contributed by atoms with Gasteiger partial charge in [0.2, 0.25) is 5.16 Å². The summed E-state index contributed by atoms with van der Waals surface area (Å²) >= 11 is 0. The molecule has 2 aromatic heterocycles. The largest absolute Gasteiger partial charge is 0.345 e. The van der Waals surface area contributed by atoms with E-state index < -0.39 is 10.8 Å². The van der Waals surface area contributed by atoms with Crippen LogP contribution in [0.25, 0.3) is 5.52 Å². The molecule has 1 unspecified atom stereocenters. The summed E-state index contributed by atoms with van der Waals surface area (Å²) in [6.07, 6.45) is 7.68. The molecule has 1 amide bonds. The highest BCUT2D eigenvalue weighted by Crippen LogP contribution is 2.37. The first kappa shape index (κ1) is 15.1. The first-order valence-corrected chi connectivity index (χ1v) is 8.98. The number of fused-ring (bicyclic) bond motifs is 1. The molecule has 7 heteroatoms. The molecule has 0 bridgehead atoms. The predicted molar refractivity (Wildman–Crippen MR) is 84.5 cm³/mol. The third kappa shape index (κ3) is 2.54. The van der Waals surface area contributed by atoms with Crippen molar-refractivity contribution >= 4 is 22.2 Å². The molecule has 1 saturated carbocycles. The fourth-order valence-electron chi connectivity index (χ4n) is 3.11. The second-order valence-corrected chi connectivity index (χ2v) is 7.23. The van der Waals surface area contributed by atoms with Gasteiger partial charge in [-0.25, -0.2) is 9.50 Å². The molecule has 2 heterocycles. The Morgan fingerprint density at radius 3 is 2.64 bits per heavy atom. The Bertz CT molecular complexity index is 747. The van der Waals surface area contributed by atoms with E-state index in [0.29, 0.717) is 16.6 Å². The van der Waals surface area contributed by atoms with Crippen LogP contribution in [0.2, 0.25) is 0 Å². The van der Waals surface area contributed by atoms with Gasteiger partial charge in [-0.2, -0.15) is 0 Å². The van der Waals surface area contributed by atoms with Crippen molar-refractivity contribution in [2.24, 2.45) is 0 Å². The van der Waals surface area contributed by atoms with E-state index in [1.54, 1.807) is 36.0 Å². The highest BCUT2D eigenvalue weighted by molar-refractivity contribution is 7.84. The minimum atomic E-state index is -1.24. The van der Waals surface area contributed by atoms with E-state index in [-0.39, 0.29) is 5.91 Å². The number of rotatable bonds is 3. The minimum absolute atomic E-state index is 0.0217. The Labute approximate surface area is 132 Å². The quantitative estimate of drug-likeness (QED) is 0.865. The van der Waals surface area contributed by atoms with Crippen LogP contribution in [-0.4, -0.2) is 50.0 Å². The van der Waals surface area contributed by atoms with Gasteiger partial charge in [0, 0.05) is 26.3 Å². The SMILES string of the molecule is CN(C)C(=O)c1cc2cnc(S(C)=O)nn2c1C1CCCC1. The Balaban J connectivity index is 2.23. The predicted octanol–water partition coefficient (Wildman–Crippen LogP) is 1.83. The number of hydrogen-bond acceptors (Lipinski definition) is 4. The Morgan fingerprint density at radius 2 is 2.05 bits per heavy atom. The number of hydrogen-bond donors (Lipinski definition) is 0. The molecule has 1 fully saturated rings. The van der Waals surface area contributed by atoms with Crippen LogP contribution in [0.15, 0.2) is 17.4 Å². The van der Waals surface area contributed by atoms with Crippen molar-refractivity contribution in [1.29, 1.82) is 0 Å². The normalized spacial score (nSPS) is 17.0. The second-order valence-electron chi connectivity index (χ2n) is 5.96. The van der Waals surface area contributed by atoms with Crippen molar-refractivity contribution in [1.82, 2.24) is 19.5 Å². The number of carbonyl (C=O) groups excluding carboxylic acids is 1. The molecule has 118 valence electrons. The zero-order chi connectivity index (χ0) is 15.9. The number of nitrogens with zero attached hydrogens (tertiary/aromatic N) is 4. The molecule has 0 N–H and O–H groups in total. The fourth-order valence-corrected chi connectivity index (χ4v) is 3.51. The van der Waals surface area contributed by atoms with E-state index in [2.05, 4.69) is 10.1 Å². The minimum Gasteiger partial charge on any atom is -0.345 e. The summed E-state index contributed by atoms with van der Waals surface area (Å²) in [4.78, 5) is 18.2. The highest BCUT2D eigenvalue weighted by atomic mass is 32.2. The summed E-state index contributed by atoms with van der Waals surface area (Å²) in [5.74, 6) is 0.306. The van der Waals surface area contributed by atoms with Crippen molar-refractivity contribution in [2.75, 3.05) is 20.4 Å². The van der Waals surface area contributed by atoms with Crippen molar-refractivity contribution in [3.05, 3.63) is 23.5 Å². The first-order chi connectivity index (χ1) is 10.5. The van der Waals surface area contributed by atoms with Gasteiger partial charge in [-0.15, -0.1) is 5.10 Å². The lowest BCUT2D eigenvalue weighted by atomic mass is 10.00. The molecule has 22 heavy (non-hydrogen) atoms. The lowest BCUT2D eigenvalue weighted by Gasteiger charge is -2.15. The lowest BCUT2D eigenvalue weighted by molar-refractivity contribution is 0.0826. The molecule has 1 aliphatic carbocycles. The van der Waals surface area contributed by atoms with Gasteiger partial charge < -0.3 is 4.90 Å². The van der Waals surface area contributed by atoms with E-state index in [1.807, 2.05) is 6.07 Å². The van der Waals surface area contributed by atoms with Crippen LogP contribution in [0.1, 0.15) is 47.7 Å². The van der Waals surface area contributed by atoms with Gasteiger partial charge in [-0.1, -0.05) is 12.8 Å². The van der Waals surface area contributed by atoms with Gasteiger partial charge in [-0.3, -0.25) is 9.00 Å². The number of amides is 1. The molecule has 0 saturated heterocycles. The topological polar surface area (TPSA) is 67.6 Å². The maximum absolute atomic E-state index is 12.5. The molecule has 0 aliphatic heterocycles. The molecule has 0 radical (unpaired) electrons. The van der Waals surface area contributed by atoms with Gasteiger partial charge in [0.15, 0.2) is 0 Å². The summed E-state index contributed by atoms with van der Waals surface area (Å²) in [5, 5.41) is 4.71. The summed E-state index contributed by atoms with van der Waals surface area (Å²) in [6, 6.07) is 1.85. The molecule has 1 aliphatic rings. The third-order valence-electron chi connectivity index (χ3n) is 4.17. The van der Waals surface area contributed by atoms with Crippen LogP contribution in [0.5, 0.6) is 0 Å². The average molecular weight is 320 g/mol. The first-order valence-electron chi connectivity index (χ1n) is 7.43. The van der Waals surface area contributed by atoms with Gasteiger partial charge in [-0.05, 0) is 18.9 Å². The van der Waals surface area contributed by atoms with Gasteiger partial charge >= 0.3 is 0 Å². The Kier molecular flexibility index (Phi) is 3.99. The van der Waals surface area contributed by atoms with Gasteiger partial charge in [0.25, 0.3) is 5.91 Å².